The molecule has 3 rings (SSSR count). The molecule has 1 unspecified atom stereocenters. The van der Waals surface area contributed by atoms with Crippen LogP contribution in [0.2, 0.25) is 0 Å². The third-order valence-electron chi connectivity index (χ3n) is 4.16. The molecule has 2 aromatic rings. The molecule has 0 bridgehead atoms. The molecule has 1 atom stereocenters. The third-order valence-corrected chi connectivity index (χ3v) is 5.00. The van der Waals surface area contributed by atoms with Crippen molar-refractivity contribution in [2.45, 2.75) is 58.5 Å². The van der Waals surface area contributed by atoms with Crippen LogP contribution in [-0.4, -0.2) is 31.7 Å². The first-order valence-electron chi connectivity index (χ1n) is 8.00. The second-order valence-electron chi connectivity index (χ2n) is 7.10. The van der Waals surface area contributed by atoms with E-state index in [0.717, 1.165) is 36.0 Å². The highest BCUT2D eigenvalue weighted by Crippen LogP contribution is 2.27. The smallest absolute Gasteiger partial charge is 0.266 e. The normalized spacial score (nSPS) is 18.6. The van der Waals surface area contributed by atoms with Crippen LogP contribution in [0, 0.1) is 6.92 Å². The van der Waals surface area contributed by atoms with Gasteiger partial charge in [0.05, 0.1) is 18.3 Å². The Labute approximate surface area is 140 Å². The van der Waals surface area contributed by atoms with Crippen LogP contribution in [0.15, 0.2) is 16.9 Å². The van der Waals surface area contributed by atoms with Gasteiger partial charge >= 0.3 is 0 Å². The fraction of sp³-hybridized carbons (Fsp3) is 0.625. The zero-order valence-electron chi connectivity index (χ0n) is 14.1. The van der Waals surface area contributed by atoms with Gasteiger partial charge in [0.2, 0.25) is 5.13 Å². The Morgan fingerprint density at radius 2 is 2.13 bits per heavy atom. The number of rotatable bonds is 3. The van der Waals surface area contributed by atoms with E-state index < -0.39 is 0 Å². The largest absolute Gasteiger partial charge is 0.342 e. The summed E-state index contributed by atoms with van der Waals surface area (Å²) in [5, 5.41) is 5.53. The van der Waals surface area contributed by atoms with Crippen molar-refractivity contribution in [3.63, 3.8) is 0 Å². The molecule has 23 heavy (non-hydrogen) atoms. The topological polar surface area (TPSA) is 63.9 Å². The molecule has 0 aromatic carbocycles. The Morgan fingerprint density at radius 3 is 2.78 bits per heavy atom. The molecule has 1 aliphatic rings. The highest BCUT2D eigenvalue weighted by Gasteiger charge is 2.28. The van der Waals surface area contributed by atoms with E-state index in [0.29, 0.717) is 6.54 Å². The summed E-state index contributed by atoms with van der Waals surface area (Å²) in [4.78, 5) is 18.9. The standard InChI is InChI=1S/C16H23N5OS/c1-11-17-15(23-19-11)20-9-5-6-12(20)10-21-14(22)8-7-13(18-21)16(2,3)4/h7-8,12H,5-6,9-10H2,1-4H3. The quantitative estimate of drug-likeness (QED) is 0.863. The van der Waals surface area contributed by atoms with Gasteiger partial charge in [0, 0.05) is 29.6 Å². The maximum atomic E-state index is 12.2. The predicted molar refractivity (Wildman–Crippen MR) is 92.2 cm³/mol. The van der Waals surface area contributed by atoms with E-state index in [4.69, 9.17) is 0 Å². The third kappa shape index (κ3) is 3.44. The fourth-order valence-corrected chi connectivity index (χ4v) is 3.63. The van der Waals surface area contributed by atoms with Crippen LogP contribution >= 0.6 is 11.5 Å². The average molecular weight is 333 g/mol. The summed E-state index contributed by atoms with van der Waals surface area (Å²) in [6.45, 7) is 9.79. The van der Waals surface area contributed by atoms with Gasteiger partial charge in [-0.3, -0.25) is 4.79 Å². The second-order valence-corrected chi connectivity index (χ2v) is 7.83. The molecule has 0 aliphatic carbocycles. The molecule has 3 heterocycles. The minimum Gasteiger partial charge on any atom is -0.342 e. The fourth-order valence-electron chi connectivity index (χ4n) is 2.86. The van der Waals surface area contributed by atoms with E-state index in [1.807, 2.05) is 13.0 Å². The van der Waals surface area contributed by atoms with E-state index >= 15 is 0 Å². The van der Waals surface area contributed by atoms with Gasteiger partial charge in [0.15, 0.2) is 0 Å². The molecule has 0 spiro atoms. The van der Waals surface area contributed by atoms with Crippen molar-refractivity contribution >= 4 is 16.7 Å². The van der Waals surface area contributed by atoms with Crippen molar-refractivity contribution in [2.24, 2.45) is 0 Å². The van der Waals surface area contributed by atoms with E-state index in [2.05, 4.69) is 40.1 Å². The maximum absolute atomic E-state index is 12.2. The van der Waals surface area contributed by atoms with Crippen LogP contribution < -0.4 is 10.5 Å². The molecule has 1 fully saturated rings. The van der Waals surface area contributed by atoms with Crippen LogP contribution in [0.1, 0.15) is 45.1 Å². The maximum Gasteiger partial charge on any atom is 0.266 e. The number of anilines is 1. The van der Waals surface area contributed by atoms with Crippen LogP contribution in [0.5, 0.6) is 0 Å². The molecule has 0 amide bonds. The Bertz CT molecular complexity index is 745. The number of nitrogens with zero attached hydrogens (tertiary/aromatic N) is 5. The number of hydrogen-bond acceptors (Lipinski definition) is 6. The molecule has 7 heteroatoms. The first-order chi connectivity index (χ1) is 10.8. The molecular weight excluding hydrogens is 310 g/mol. The van der Waals surface area contributed by atoms with Crippen molar-refractivity contribution in [3.8, 4) is 0 Å². The summed E-state index contributed by atoms with van der Waals surface area (Å²) in [6.07, 6.45) is 2.16. The Hall–Kier alpha value is -1.76. The summed E-state index contributed by atoms with van der Waals surface area (Å²) >= 11 is 1.43. The summed E-state index contributed by atoms with van der Waals surface area (Å²) in [5.41, 5.74) is 0.827. The van der Waals surface area contributed by atoms with Gasteiger partial charge < -0.3 is 4.90 Å². The first-order valence-corrected chi connectivity index (χ1v) is 8.77. The molecule has 2 aromatic heterocycles. The summed E-state index contributed by atoms with van der Waals surface area (Å²) in [7, 11) is 0. The highest BCUT2D eigenvalue weighted by molar-refractivity contribution is 7.09. The lowest BCUT2D eigenvalue weighted by Gasteiger charge is -2.25. The van der Waals surface area contributed by atoms with Crippen LogP contribution in [-0.2, 0) is 12.0 Å². The summed E-state index contributed by atoms with van der Waals surface area (Å²) in [5.74, 6) is 0.806. The molecule has 6 nitrogen and oxygen atoms in total. The highest BCUT2D eigenvalue weighted by atomic mass is 32.1. The van der Waals surface area contributed by atoms with E-state index in [-0.39, 0.29) is 17.0 Å². The van der Waals surface area contributed by atoms with Gasteiger partial charge in [-0.1, -0.05) is 20.8 Å². The Morgan fingerprint density at radius 1 is 1.35 bits per heavy atom. The van der Waals surface area contributed by atoms with Crippen molar-refractivity contribution in [1.29, 1.82) is 0 Å². The van der Waals surface area contributed by atoms with Gasteiger partial charge in [-0.25, -0.2) is 9.67 Å². The lowest BCUT2D eigenvalue weighted by atomic mass is 9.92. The predicted octanol–water partition coefficient (Wildman–Crippen LogP) is 2.37. The summed E-state index contributed by atoms with van der Waals surface area (Å²) in [6, 6.07) is 3.71. The van der Waals surface area contributed by atoms with Crippen molar-refractivity contribution in [2.75, 3.05) is 11.4 Å². The lowest BCUT2D eigenvalue weighted by molar-refractivity contribution is 0.457. The molecular formula is C16H23N5OS. The monoisotopic (exact) mass is 333 g/mol. The molecule has 0 radical (unpaired) electrons. The lowest BCUT2D eigenvalue weighted by Crippen LogP contribution is -2.37. The SMILES string of the molecule is Cc1nsc(N2CCCC2Cn2nc(C(C)(C)C)ccc2=O)n1. The van der Waals surface area contributed by atoms with Crippen LogP contribution in [0.4, 0.5) is 5.13 Å². The minimum absolute atomic E-state index is 0.0432. The number of aryl methyl sites for hydroxylation is 1. The van der Waals surface area contributed by atoms with E-state index in [1.165, 1.54) is 11.5 Å². The average Bonchev–Trinajstić information content (AvgIpc) is 3.08. The molecule has 0 N–H and O–H groups in total. The van der Waals surface area contributed by atoms with Crippen molar-refractivity contribution in [3.05, 3.63) is 34.0 Å². The van der Waals surface area contributed by atoms with Crippen molar-refractivity contribution < 1.29 is 0 Å². The zero-order valence-corrected chi connectivity index (χ0v) is 14.9. The number of aromatic nitrogens is 4. The summed E-state index contributed by atoms with van der Waals surface area (Å²) < 4.78 is 5.88. The van der Waals surface area contributed by atoms with Gasteiger partial charge in [0.25, 0.3) is 5.56 Å². The Balaban J connectivity index is 1.85. The van der Waals surface area contributed by atoms with Gasteiger partial charge in [-0.15, -0.1) is 0 Å². The van der Waals surface area contributed by atoms with Gasteiger partial charge in [-0.2, -0.15) is 9.47 Å². The van der Waals surface area contributed by atoms with Gasteiger partial charge in [-0.05, 0) is 25.8 Å². The zero-order chi connectivity index (χ0) is 16.6. The minimum atomic E-state index is -0.0683. The Kier molecular flexibility index (Phi) is 4.23. The van der Waals surface area contributed by atoms with Gasteiger partial charge in [0.1, 0.15) is 5.82 Å². The molecule has 1 aliphatic heterocycles. The van der Waals surface area contributed by atoms with Crippen LogP contribution in [0.25, 0.3) is 0 Å². The van der Waals surface area contributed by atoms with E-state index in [1.54, 1.807) is 10.7 Å². The van der Waals surface area contributed by atoms with Crippen molar-refractivity contribution in [1.82, 2.24) is 19.1 Å². The van der Waals surface area contributed by atoms with Crippen LogP contribution in [0.3, 0.4) is 0 Å². The second kappa shape index (κ2) is 6.03. The first kappa shape index (κ1) is 16.1. The number of hydrogen-bond donors (Lipinski definition) is 0. The van der Waals surface area contributed by atoms with E-state index in [9.17, 15) is 4.79 Å². The molecule has 1 saturated heterocycles. The molecule has 0 saturated carbocycles. The molecule has 124 valence electrons.